The number of aryl methyl sites for hydroxylation is 1. The third kappa shape index (κ3) is 5.38. The van der Waals surface area contributed by atoms with Crippen LogP contribution in [-0.4, -0.2) is 40.4 Å². The normalized spacial score (nSPS) is 20.9. The highest BCUT2D eigenvalue weighted by Gasteiger charge is 2.65. The van der Waals surface area contributed by atoms with Crippen LogP contribution in [0.25, 0.3) is 0 Å². The van der Waals surface area contributed by atoms with E-state index in [0.29, 0.717) is 33.7 Å². The van der Waals surface area contributed by atoms with Crippen molar-refractivity contribution >= 4 is 23.5 Å². The van der Waals surface area contributed by atoms with E-state index in [4.69, 9.17) is 4.74 Å². The Labute approximate surface area is 254 Å². The first-order valence-corrected chi connectivity index (χ1v) is 13.9. The molecule has 4 unspecified atom stereocenters. The number of benzene rings is 4. The van der Waals surface area contributed by atoms with E-state index in [1.54, 1.807) is 66.7 Å². The molecule has 44 heavy (non-hydrogen) atoms. The smallest absolute Gasteiger partial charge is 0.330 e. The van der Waals surface area contributed by atoms with Crippen molar-refractivity contribution in [2.24, 2.45) is 5.92 Å². The summed E-state index contributed by atoms with van der Waals surface area (Å²) in [5, 5.41) is 23.1. The molecule has 222 valence electrons. The lowest BCUT2D eigenvalue weighted by atomic mass is 9.71. The maximum atomic E-state index is 14.6. The van der Waals surface area contributed by atoms with Crippen molar-refractivity contribution in [2.75, 3.05) is 12.4 Å². The minimum atomic E-state index is -1.98. The van der Waals surface area contributed by atoms with E-state index >= 15 is 0 Å². The Morgan fingerprint density at radius 1 is 0.955 bits per heavy atom. The maximum absolute atomic E-state index is 14.6. The Hall–Kier alpha value is -5.49. The summed E-state index contributed by atoms with van der Waals surface area (Å²) >= 11 is 0. The van der Waals surface area contributed by atoms with E-state index < -0.39 is 41.2 Å². The number of carbonyl (C=O) groups is 3. The molecule has 9 heteroatoms. The molecule has 2 amide bonds. The van der Waals surface area contributed by atoms with E-state index in [2.05, 4.69) is 11.4 Å². The number of hydrogen-bond donors (Lipinski definition) is 2. The molecular weight excluding hydrogens is 561 g/mol. The number of likely N-dealkylation sites (tertiary alicyclic amines) is 1. The number of hydrogen-bond acceptors (Lipinski definition) is 5. The van der Waals surface area contributed by atoms with Crippen molar-refractivity contribution in [1.29, 1.82) is 5.26 Å². The van der Waals surface area contributed by atoms with Gasteiger partial charge in [0.05, 0.1) is 30.7 Å². The van der Waals surface area contributed by atoms with Gasteiger partial charge in [-0.25, -0.2) is 14.0 Å². The van der Waals surface area contributed by atoms with Crippen LogP contribution in [0.1, 0.15) is 51.5 Å². The van der Waals surface area contributed by atoms with Gasteiger partial charge in [-0.2, -0.15) is 5.26 Å². The fourth-order valence-corrected chi connectivity index (χ4v) is 6.16. The van der Waals surface area contributed by atoms with Gasteiger partial charge in [-0.3, -0.25) is 9.69 Å². The van der Waals surface area contributed by atoms with Crippen molar-refractivity contribution in [3.05, 3.63) is 131 Å². The van der Waals surface area contributed by atoms with Gasteiger partial charge >= 0.3 is 12.0 Å². The number of ether oxygens (including phenoxy) is 1. The number of anilines is 1. The fourth-order valence-electron chi connectivity index (χ4n) is 6.16. The summed E-state index contributed by atoms with van der Waals surface area (Å²) in [5.74, 6) is -3.86. The predicted octanol–water partition coefficient (Wildman–Crippen LogP) is 6.73. The molecule has 4 aromatic rings. The molecule has 1 fully saturated rings. The summed E-state index contributed by atoms with van der Waals surface area (Å²) in [6.07, 6.45) is 0. The zero-order valence-electron chi connectivity index (χ0n) is 24.3. The van der Waals surface area contributed by atoms with Crippen LogP contribution >= 0.6 is 0 Å². The highest BCUT2D eigenvalue weighted by molar-refractivity contribution is 6.03. The van der Waals surface area contributed by atoms with Gasteiger partial charge in [0.25, 0.3) is 0 Å². The number of nitriles is 1. The number of rotatable bonds is 7. The largest absolute Gasteiger partial charge is 0.497 e. The van der Waals surface area contributed by atoms with E-state index in [1.165, 1.54) is 43.2 Å². The molecule has 0 bridgehead atoms. The van der Waals surface area contributed by atoms with Gasteiger partial charge in [0.15, 0.2) is 5.78 Å². The number of carbonyl (C=O) groups excluding carboxylic acids is 2. The van der Waals surface area contributed by atoms with Crippen LogP contribution in [-0.2, 0) is 4.79 Å². The lowest BCUT2D eigenvalue weighted by Gasteiger charge is -2.37. The first kappa shape index (κ1) is 30.0. The molecule has 4 aromatic carbocycles. The van der Waals surface area contributed by atoms with Gasteiger partial charge in [0.1, 0.15) is 17.1 Å². The summed E-state index contributed by atoms with van der Waals surface area (Å²) in [6, 6.07) is 25.5. The van der Waals surface area contributed by atoms with E-state index in [9.17, 15) is 29.1 Å². The average Bonchev–Trinajstić information content (AvgIpc) is 3.31. The Balaban J connectivity index is 1.76. The molecule has 0 aliphatic carbocycles. The van der Waals surface area contributed by atoms with Crippen LogP contribution in [0.4, 0.5) is 14.9 Å². The lowest BCUT2D eigenvalue weighted by molar-refractivity contribution is -0.148. The number of halogens is 1. The summed E-state index contributed by atoms with van der Waals surface area (Å²) in [6.45, 7) is 3.26. The number of methoxy groups -OCH3 is 1. The Morgan fingerprint density at radius 2 is 1.59 bits per heavy atom. The van der Waals surface area contributed by atoms with Crippen molar-refractivity contribution in [2.45, 2.75) is 31.3 Å². The maximum Gasteiger partial charge on any atom is 0.330 e. The molecule has 4 atom stereocenters. The van der Waals surface area contributed by atoms with E-state index in [-0.39, 0.29) is 5.78 Å². The molecular formula is C35H30FN3O5. The number of nitrogens with zero attached hydrogens (tertiary/aromatic N) is 2. The van der Waals surface area contributed by atoms with Gasteiger partial charge in [0, 0.05) is 17.2 Å². The van der Waals surface area contributed by atoms with E-state index in [0.717, 1.165) is 5.56 Å². The Bertz CT molecular complexity index is 1750. The molecule has 1 heterocycles. The van der Waals surface area contributed by atoms with Crippen molar-refractivity contribution < 1.29 is 28.6 Å². The minimum Gasteiger partial charge on any atom is -0.497 e. The fraction of sp³-hybridized carbons (Fsp3) is 0.200. The predicted molar refractivity (Wildman–Crippen MR) is 162 cm³/mol. The molecule has 1 saturated heterocycles. The first-order chi connectivity index (χ1) is 21.1. The number of urea groups is 1. The summed E-state index contributed by atoms with van der Waals surface area (Å²) in [4.78, 5) is 43.5. The molecule has 1 aliphatic rings. The first-order valence-electron chi connectivity index (χ1n) is 13.9. The number of Topliss-reactive ketones (excluding diaryl/α,β-unsaturated/α-hetero) is 1. The quantitative estimate of drug-likeness (QED) is 0.230. The van der Waals surface area contributed by atoms with Crippen molar-refractivity contribution in [1.82, 2.24) is 4.90 Å². The number of ketones is 1. The minimum absolute atomic E-state index is 0.353. The van der Waals surface area contributed by atoms with Crippen LogP contribution in [0.2, 0.25) is 0 Å². The van der Waals surface area contributed by atoms with Gasteiger partial charge in [0.2, 0.25) is 0 Å². The van der Waals surface area contributed by atoms with Crippen molar-refractivity contribution in [3.63, 3.8) is 0 Å². The Morgan fingerprint density at radius 3 is 2.16 bits per heavy atom. The van der Waals surface area contributed by atoms with Crippen LogP contribution in [0.5, 0.6) is 5.75 Å². The second kappa shape index (κ2) is 12.0. The summed E-state index contributed by atoms with van der Waals surface area (Å²) in [5.41, 5.74) is 0.810. The zero-order chi connectivity index (χ0) is 31.6. The molecule has 0 spiro atoms. The highest BCUT2D eigenvalue weighted by Crippen LogP contribution is 2.56. The van der Waals surface area contributed by atoms with Gasteiger partial charge in [-0.05, 0) is 79.6 Å². The number of carboxylic acid groups (broad SMARTS) is 1. The number of amides is 2. The van der Waals surface area contributed by atoms with Crippen LogP contribution in [0, 0.1) is 30.0 Å². The molecule has 5 rings (SSSR count). The second-order valence-electron chi connectivity index (χ2n) is 10.9. The molecule has 2 N–H and O–H groups in total. The monoisotopic (exact) mass is 591 g/mol. The number of carboxylic acids is 1. The topological polar surface area (TPSA) is 120 Å². The summed E-state index contributed by atoms with van der Waals surface area (Å²) < 4.78 is 19.3. The standard InChI is InChI=1S/C35H30FN3O5/c1-21-5-4-6-25(19-21)32(40)29-30(23-11-13-26(36)14-12-23)35(2,33(41)42)39(31(29)24-9-7-22(20-37)8-10-24)34(43)38-27-15-17-28(44-3)18-16-27/h4-19,29-31H,1-3H3,(H,38,43)(H,41,42). The molecule has 1 aliphatic heterocycles. The Kier molecular flexibility index (Phi) is 8.19. The molecule has 0 radical (unpaired) electrons. The lowest BCUT2D eigenvalue weighted by Crippen LogP contribution is -2.55. The molecule has 0 aromatic heterocycles. The average molecular weight is 592 g/mol. The third-order valence-electron chi connectivity index (χ3n) is 8.29. The van der Waals surface area contributed by atoms with Crippen molar-refractivity contribution in [3.8, 4) is 11.8 Å². The van der Waals surface area contributed by atoms with Crippen LogP contribution in [0.15, 0.2) is 97.1 Å². The highest BCUT2D eigenvalue weighted by atomic mass is 19.1. The van der Waals surface area contributed by atoms with Gasteiger partial charge in [-0.1, -0.05) is 48.0 Å². The molecule has 0 saturated carbocycles. The van der Waals surface area contributed by atoms with Crippen LogP contribution in [0.3, 0.4) is 0 Å². The summed E-state index contributed by atoms with van der Waals surface area (Å²) in [7, 11) is 1.51. The van der Waals surface area contributed by atoms with Crippen LogP contribution < -0.4 is 10.1 Å². The number of aliphatic carboxylic acids is 1. The van der Waals surface area contributed by atoms with E-state index in [1.807, 2.05) is 13.0 Å². The zero-order valence-corrected chi connectivity index (χ0v) is 24.3. The van der Waals surface area contributed by atoms with Gasteiger partial charge in [-0.15, -0.1) is 0 Å². The SMILES string of the molecule is COc1ccc(NC(=O)N2C(c3ccc(C#N)cc3)C(C(=O)c3cccc(C)c3)C(c3ccc(F)cc3)C2(C)C(=O)O)cc1. The van der Waals surface area contributed by atoms with Gasteiger partial charge < -0.3 is 15.2 Å². The second-order valence-corrected chi connectivity index (χ2v) is 10.9. The third-order valence-corrected chi connectivity index (χ3v) is 8.29. The molecule has 8 nitrogen and oxygen atoms in total. The number of nitrogens with one attached hydrogen (secondary N) is 1.